The topological polar surface area (TPSA) is 99.2 Å². The number of benzene rings is 2. The molecule has 0 unspecified atom stereocenters. The molecule has 160 valence electrons. The van der Waals surface area contributed by atoms with E-state index < -0.39 is 10.0 Å². The Balaban J connectivity index is 1.55. The molecule has 7 nitrogen and oxygen atoms in total. The van der Waals surface area contributed by atoms with Crippen LogP contribution in [0, 0.1) is 17.2 Å². The fourth-order valence-electron chi connectivity index (χ4n) is 3.53. The van der Waals surface area contributed by atoms with Gasteiger partial charge >= 0.3 is 0 Å². The smallest absolute Gasteiger partial charge is 0.243 e. The average Bonchev–Trinajstić information content (AvgIpc) is 3.20. The number of rotatable bonds is 6. The van der Waals surface area contributed by atoms with Gasteiger partial charge in [0.25, 0.3) is 0 Å². The maximum absolute atomic E-state index is 13.1. The van der Waals surface area contributed by atoms with Crippen LogP contribution in [-0.4, -0.2) is 30.8 Å². The van der Waals surface area contributed by atoms with Crippen LogP contribution in [0.25, 0.3) is 11.5 Å². The first kappa shape index (κ1) is 21.1. The summed E-state index contributed by atoms with van der Waals surface area (Å²) in [5, 5.41) is 12.4. The lowest BCUT2D eigenvalue weighted by Gasteiger charge is -2.28. The van der Waals surface area contributed by atoms with Crippen LogP contribution in [-0.2, 0) is 23.0 Å². The zero-order valence-electron chi connectivity index (χ0n) is 17.5. The van der Waals surface area contributed by atoms with Crippen molar-refractivity contribution in [1.29, 1.82) is 5.26 Å². The lowest BCUT2D eigenvalue weighted by molar-refractivity contribution is 0.391. The Hall–Kier alpha value is -3.15. The van der Waals surface area contributed by atoms with Gasteiger partial charge in [0.15, 0.2) is 0 Å². The van der Waals surface area contributed by atoms with Gasteiger partial charge in [-0.2, -0.15) is 14.6 Å². The van der Waals surface area contributed by atoms with E-state index in [9.17, 15) is 13.7 Å². The molecule has 0 fully saturated rings. The summed E-state index contributed by atoms with van der Waals surface area (Å²) < 4.78 is 33.5. The normalized spacial score (nSPS) is 14.3. The van der Waals surface area contributed by atoms with Crippen LogP contribution < -0.4 is 5.32 Å². The highest BCUT2D eigenvalue weighted by Crippen LogP contribution is 2.29. The van der Waals surface area contributed by atoms with Gasteiger partial charge in [-0.25, -0.2) is 8.42 Å². The van der Waals surface area contributed by atoms with E-state index in [-0.39, 0.29) is 16.5 Å². The first-order valence-electron chi connectivity index (χ1n) is 10.2. The number of aromatic nitrogens is 1. The SMILES string of the molecule is CC(C)CNc1oc(-c2ccc(S(=O)(=O)N3CCc4ccccc4C3)cc2)nc1C#N. The summed E-state index contributed by atoms with van der Waals surface area (Å²) in [5.74, 6) is 0.986. The van der Waals surface area contributed by atoms with Gasteiger partial charge in [-0.3, -0.25) is 0 Å². The molecule has 1 aliphatic rings. The van der Waals surface area contributed by atoms with E-state index >= 15 is 0 Å². The second kappa shape index (κ2) is 8.53. The maximum Gasteiger partial charge on any atom is 0.243 e. The quantitative estimate of drug-likeness (QED) is 0.626. The van der Waals surface area contributed by atoms with Crippen molar-refractivity contribution in [1.82, 2.24) is 9.29 Å². The Kier molecular flexibility index (Phi) is 5.81. The van der Waals surface area contributed by atoms with Crippen LogP contribution in [0.3, 0.4) is 0 Å². The van der Waals surface area contributed by atoms with Crippen molar-refractivity contribution in [2.45, 2.75) is 31.7 Å². The Morgan fingerprint density at radius 3 is 2.55 bits per heavy atom. The maximum atomic E-state index is 13.1. The van der Waals surface area contributed by atoms with Gasteiger partial charge in [-0.1, -0.05) is 38.1 Å². The molecule has 0 spiro atoms. The Labute approximate surface area is 182 Å². The first-order valence-corrected chi connectivity index (χ1v) is 11.6. The first-order chi connectivity index (χ1) is 14.9. The van der Waals surface area contributed by atoms with Gasteiger partial charge in [0.2, 0.25) is 27.5 Å². The zero-order valence-corrected chi connectivity index (χ0v) is 18.3. The van der Waals surface area contributed by atoms with Gasteiger partial charge < -0.3 is 9.73 Å². The highest BCUT2D eigenvalue weighted by atomic mass is 32.2. The third-order valence-electron chi connectivity index (χ3n) is 5.24. The predicted octanol–water partition coefficient (Wildman–Crippen LogP) is 4.03. The molecule has 2 aromatic carbocycles. The van der Waals surface area contributed by atoms with Crippen LogP contribution in [0.1, 0.15) is 30.7 Å². The van der Waals surface area contributed by atoms with E-state index in [2.05, 4.69) is 24.1 Å². The van der Waals surface area contributed by atoms with Crippen LogP contribution in [0.5, 0.6) is 0 Å². The molecule has 0 atom stereocenters. The third-order valence-corrected chi connectivity index (χ3v) is 7.10. The van der Waals surface area contributed by atoms with Crippen molar-refractivity contribution >= 4 is 15.9 Å². The number of nitrogens with one attached hydrogen (secondary N) is 1. The van der Waals surface area contributed by atoms with Crippen molar-refractivity contribution in [2.24, 2.45) is 5.92 Å². The number of anilines is 1. The Morgan fingerprint density at radius 1 is 1.16 bits per heavy atom. The lowest BCUT2D eigenvalue weighted by atomic mass is 10.0. The Morgan fingerprint density at radius 2 is 1.87 bits per heavy atom. The van der Waals surface area contributed by atoms with Gasteiger partial charge in [-0.15, -0.1) is 0 Å². The molecule has 0 amide bonds. The Bertz CT molecular complexity index is 1220. The average molecular weight is 437 g/mol. The molecule has 0 saturated heterocycles. The number of hydrogen-bond acceptors (Lipinski definition) is 6. The molecule has 8 heteroatoms. The van der Waals surface area contributed by atoms with Gasteiger partial charge in [0.05, 0.1) is 4.90 Å². The van der Waals surface area contributed by atoms with Crippen molar-refractivity contribution in [3.05, 3.63) is 65.4 Å². The molecule has 1 aromatic heterocycles. The van der Waals surface area contributed by atoms with Crippen LogP contribution >= 0.6 is 0 Å². The van der Waals surface area contributed by atoms with Gasteiger partial charge in [0, 0.05) is 25.2 Å². The van der Waals surface area contributed by atoms with E-state index in [1.807, 2.05) is 30.3 Å². The predicted molar refractivity (Wildman–Crippen MR) is 118 cm³/mol. The van der Waals surface area contributed by atoms with Crippen molar-refractivity contribution in [2.75, 3.05) is 18.4 Å². The standard InChI is InChI=1S/C23H24N4O3S/c1-16(2)14-25-23-21(13-24)26-22(30-23)18-7-9-20(10-8-18)31(28,29)27-12-11-17-5-3-4-6-19(17)15-27/h3-10,16,25H,11-12,14-15H2,1-2H3. The van der Waals surface area contributed by atoms with Crippen LogP contribution in [0.2, 0.25) is 0 Å². The number of oxazole rings is 1. The molecule has 31 heavy (non-hydrogen) atoms. The number of nitrogens with zero attached hydrogens (tertiary/aromatic N) is 3. The van der Waals surface area contributed by atoms with Crippen molar-refractivity contribution < 1.29 is 12.8 Å². The third kappa shape index (κ3) is 4.33. The molecule has 1 aliphatic heterocycles. The second-order valence-corrected chi connectivity index (χ2v) is 9.90. The second-order valence-electron chi connectivity index (χ2n) is 7.96. The van der Waals surface area contributed by atoms with Crippen LogP contribution in [0.4, 0.5) is 5.88 Å². The summed E-state index contributed by atoms with van der Waals surface area (Å²) >= 11 is 0. The fourth-order valence-corrected chi connectivity index (χ4v) is 4.95. The summed E-state index contributed by atoms with van der Waals surface area (Å²) in [6, 6.07) is 16.4. The lowest BCUT2D eigenvalue weighted by Crippen LogP contribution is -2.35. The van der Waals surface area contributed by atoms with E-state index in [1.54, 1.807) is 24.3 Å². The molecule has 0 radical (unpaired) electrons. The van der Waals surface area contributed by atoms with E-state index in [4.69, 9.17) is 4.42 Å². The molecule has 2 heterocycles. The summed E-state index contributed by atoms with van der Waals surface area (Å²) in [5.41, 5.74) is 3.03. The van der Waals surface area contributed by atoms with E-state index in [0.29, 0.717) is 43.4 Å². The molecule has 4 rings (SSSR count). The number of sulfonamides is 1. The summed E-state index contributed by atoms with van der Waals surface area (Å²) in [7, 11) is -3.61. The minimum Gasteiger partial charge on any atom is -0.419 e. The fraction of sp³-hybridized carbons (Fsp3) is 0.304. The highest BCUT2D eigenvalue weighted by molar-refractivity contribution is 7.89. The minimum atomic E-state index is -3.61. The molecule has 0 aliphatic carbocycles. The number of nitriles is 1. The molecule has 0 saturated carbocycles. The van der Waals surface area contributed by atoms with Gasteiger partial charge in [-0.05, 0) is 47.7 Å². The minimum absolute atomic E-state index is 0.180. The molecular formula is C23H24N4O3S. The number of fused-ring (bicyclic) bond motifs is 1. The molecule has 1 N–H and O–H groups in total. The van der Waals surface area contributed by atoms with Gasteiger partial charge in [0.1, 0.15) is 6.07 Å². The largest absolute Gasteiger partial charge is 0.419 e. The molecule has 3 aromatic rings. The number of hydrogen-bond donors (Lipinski definition) is 1. The summed E-state index contributed by atoms with van der Waals surface area (Å²) in [6.45, 7) is 5.58. The molecular weight excluding hydrogens is 412 g/mol. The van der Waals surface area contributed by atoms with Crippen LogP contribution in [0.15, 0.2) is 57.8 Å². The summed E-state index contributed by atoms with van der Waals surface area (Å²) in [4.78, 5) is 4.46. The van der Waals surface area contributed by atoms with Crippen molar-refractivity contribution in [3.63, 3.8) is 0 Å². The molecule has 0 bridgehead atoms. The highest BCUT2D eigenvalue weighted by Gasteiger charge is 2.28. The zero-order chi connectivity index (χ0) is 22.0. The van der Waals surface area contributed by atoms with E-state index in [1.165, 1.54) is 9.87 Å². The van der Waals surface area contributed by atoms with Crippen molar-refractivity contribution in [3.8, 4) is 17.5 Å². The van der Waals surface area contributed by atoms with E-state index in [0.717, 1.165) is 5.56 Å². The monoisotopic (exact) mass is 436 g/mol. The summed E-state index contributed by atoms with van der Waals surface area (Å²) in [6.07, 6.45) is 0.701.